The zero-order valence-electron chi connectivity index (χ0n) is 12.2. The lowest BCUT2D eigenvalue weighted by atomic mass is 10.2. The van der Waals surface area contributed by atoms with Crippen molar-refractivity contribution < 1.29 is 4.74 Å². The van der Waals surface area contributed by atoms with Gasteiger partial charge in [-0.15, -0.1) is 0 Å². The highest BCUT2D eigenvalue weighted by Crippen LogP contribution is 2.24. The fourth-order valence-electron chi connectivity index (χ4n) is 2.64. The van der Waals surface area contributed by atoms with Gasteiger partial charge in [0, 0.05) is 16.1 Å². The molecule has 0 atom stereocenters. The van der Waals surface area contributed by atoms with E-state index in [4.69, 9.17) is 4.74 Å². The molecule has 4 rings (SSSR count). The van der Waals surface area contributed by atoms with Gasteiger partial charge in [-0.1, -0.05) is 15.9 Å². The maximum atomic E-state index is 12.7. The molecular weight excluding hydrogens is 358 g/mol. The Hall–Kier alpha value is -2.60. The Morgan fingerprint density at radius 1 is 1.13 bits per heavy atom. The Morgan fingerprint density at radius 2 is 1.91 bits per heavy atom. The van der Waals surface area contributed by atoms with Crippen LogP contribution in [0.5, 0.6) is 5.75 Å². The van der Waals surface area contributed by atoms with E-state index in [1.165, 1.54) is 4.68 Å². The Balaban J connectivity index is 2.01. The predicted molar refractivity (Wildman–Crippen MR) is 93.4 cm³/mol. The van der Waals surface area contributed by atoms with Crippen LogP contribution in [-0.4, -0.2) is 21.9 Å². The van der Waals surface area contributed by atoms with E-state index in [0.29, 0.717) is 5.39 Å². The van der Waals surface area contributed by atoms with E-state index in [1.807, 2.05) is 42.5 Å². The average Bonchev–Trinajstić information content (AvgIpc) is 2.92. The smallest absolute Gasteiger partial charge is 0.280 e. The van der Waals surface area contributed by atoms with Gasteiger partial charge >= 0.3 is 0 Å². The SMILES string of the molecule is COc1ccc(-n2[nH]c3c(cnc4ccc(Br)cc43)c2=O)cc1. The summed E-state index contributed by atoms with van der Waals surface area (Å²) >= 11 is 3.46. The summed E-state index contributed by atoms with van der Waals surface area (Å²) in [5.41, 5.74) is 2.23. The normalized spacial score (nSPS) is 11.2. The van der Waals surface area contributed by atoms with Gasteiger partial charge in [0.05, 0.1) is 29.2 Å². The molecule has 0 unspecified atom stereocenters. The summed E-state index contributed by atoms with van der Waals surface area (Å²) in [6, 6.07) is 13.1. The predicted octanol–water partition coefficient (Wildman–Crippen LogP) is 3.64. The van der Waals surface area contributed by atoms with E-state index in [1.54, 1.807) is 13.3 Å². The van der Waals surface area contributed by atoms with E-state index in [0.717, 1.165) is 32.3 Å². The van der Waals surface area contributed by atoms with Crippen LogP contribution < -0.4 is 10.3 Å². The van der Waals surface area contributed by atoms with Gasteiger partial charge in [-0.3, -0.25) is 14.9 Å². The van der Waals surface area contributed by atoms with Crippen molar-refractivity contribution in [3.63, 3.8) is 0 Å². The fourth-order valence-corrected chi connectivity index (χ4v) is 3.00. The van der Waals surface area contributed by atoms with Crippen LogP contribution in [0, 0.1) is 0 Å². The molecule has 0 bridgehead atoms. The summed E-state index contributed by atoms with van der Waals surface area (Å²) in [5.74, 6) is 0.744. The molecule has 114 valence electrons. The summed E-state index contributed by atoms with van der Waals surface area (Å²) in [6.45, 7) is 0. The third kappa shape index (κ3) is 2.22. The zero-order valence-corrected chi connectivity index (χ0v) is 13.8. The van der Waals surface area contributed by atoms with Crippen molar-refractivity contribution in [2.24, 2.45) is 0 Å². The molecule has 1 N–H and O–H groups in total. The number of nitrogens with one attached hydrogen (secondary N) is 1. The molecule has 0 amide bonds. The number of H-pyrrole nitrogens is 1. The Bertz CT molecular complexity index is 1080. The van der Waals surface area contributed by atoms with Crippen molar-refractivity contribution in [3.8, 4) is 11.4 Å². The molecule has 0 spiro atoms. The topological polar surface area (TPSA) is 59.9 Å². The highest BCUT2D eigenvalue weighted by molar-refractivity contribution is 9.10. The van der Waals surface area contributed by atoms with Gasteiger partial charge in [0.1, 0.15) is 5.75 Å². The second-order valence-corrected chi connectivity index (χ2v) is 6.07. The van der Waals surface area contributed by atoms with Gasteiger partial charge in [0.25, 0.3) is 5.56 Å². The molecule has 2 aromatic carbocycles. The fraction of sp³-hybridized carbons (Fsp3) is 0.0588. The Kier molecular flexibility index (Phi) is 3.20. The van der Waals surface area contributed by atoms with Crippen molar-refractivity contribution in [3.05, 3.63) is 63.5 Å². The van der Waals surface area contributed by atoms with Crippen LogP contribution in [0.1, 0.15) is 0 Å². The number of benzene rings is 2. The number of rotatable bonds is 2. The molecule has 0 aliphatic carbocycles. The number of ether oxygens (including phenoxy) is 1. The number of aromatic amines is 1. The average molecular weight is 370 g/mol. The summed E-state index contributed by atoms with van der Waals surface area (Å²) in [6.07, 6.45) is 1.62. The monoisotopic (exact) mass is 369 g/mol. The van der Waals surface area contributed by atoms with Crippen LogP contribution in [0.4, 0.5) is 0 Å². The third-order valence-electron chi connectivity index (χ3n) is 3.82. The Labute approximate surface area is 139 Å². The van der Waals surface area contributed by atoms with Gasteiger partial charge < -0.3 is 4.74 Å². The number of hydrogen-bond donors (Lipinski definition) is 1. The largest absolute Gasteiger partial charge is 0.497 e. The number of methoxy groups -OCH3 is 1. The number of fused-ring (bicyclic) bond motifs is 3. The minimum atomic E-state index is -0.125. The molecule has 0 aliphatic rings. The second-order valence-electron chi connectivity index (χ2n) is 5.16. The highest BCUT2D eigenvalue weighted by Gasteiger charge is 2.12. The maximum absolute atomic E-state index is 12.7. The first-order chi connectivity index (χ1) is 11.2. The first-order valence-corrected chi connectivity index (χ1v) is 7.80. The lowest BCUT2D eigenvalue weighted by Crippen LogP contribution is -2.14. The summed E-state index contributed by atoms with van der Waals surface area (Å²) in [4.78, 5) is 17.0. The Morgan fingerprint density at radius 3 is 2.65 bits per heavy atom. The first kappa shape index (κ1) is 14.0. The van der Waals surface area contributed by atoms with Gasteiger partial charge in [-0.25, -0.2) is 4.68 Å². The van der Waals surface area contributed by atoms with Crippen molar-refractivity contribution in [2.45, 2.75) is 0 Å². The minimum absolute atomic E-state index is 0.125. The zero-order chi connectivity index (χ0) is 16.0. The molecule has 2 aromatic heterocycles. The van der Waals surface area contributed by atoms with Crippen LogP contribution in [0.15, 0.2) is 57.9 Å². The lowest BCUT2D eigenvalue weighted by Gasteiger charge is -2.03. The number of aromatic nitrogens is 3. The molecule has 0 saturated heterocycles. The number of pyridine rings is 1. The molecule has 5 nitrogen and oxygen atoms in total. The molecule has 0 radical (unpaired) electrons. The molecule has 2 heterocycles. The highest BCUT2D eigenvalue weighted by atomic mass is 79.9. The number of nitrogens with zero attached hydrogens (tertiary/aromatic N) is 2. The summed E-state index contributed by atoms with van der Waals surface area (Å²) < 4.78 is 7.61. The van der Waals surface area contributed by atoms with Crippen molar-refractivity contribution >= 4 is 37.7 Å². The third-order valence-corrected chi connectivity index (χ3v) is 4.31. The van der Waals surface area contributed by atoms with Crippen molar-refractivity contribution in [2.75, 3.05) is 7.11 Å². The van der Waals surface area contributed by atoms with Crippen LogP contribution >= 0.6 is 15.9 Å². The van der Waals surface area contributed by atoms with E-state index < -0.39 is 0 Å². The molecule has 23 heavy (non-hydrogen) atoms. The molecule has 6 heteroatoms. The van der Waals surface area contributed by atoms with Crippen LogP contribution in [0.3, 0.4) is 0 Å². The van der Waals surface area contributed by atoms with Crippen LogP contribution in [0.25, 0.3) is 27.5 Å². The molecule has 0 saturated carbocycles. The van der Waals surface area contributed by atoms with E-state index in [-0.39, 0.29) is 5.56 Å². The van der Waals surface area contributed by atoms with E-state index in [9.17, 15) is 4.79 Å². The van der Waals surface area contributed by atoms with Gasteiger partial charge in [-0.05, 0) is 42.5 Å². The molecule has 0 fully saturated rings. The maximum Gasteiger partial charge on any atom is 0.280 e. The van der Waals surface area contributed by atoms with E-state index in [2.05, 4.69) is 26.0 Å². The second kappa shape index (κ2) is 5.24. The van der Waals surface area contributed by atoms with Gasteiger partial charge in [0.2, 0.25) is 0 Å². The lowest BCUT2D eigenvalue weighted by molar-refractivity contribution is 0.414. The van der Waals surface area contributed by atoms with Crippen LogP contribution in [-0.2, 0) is 0 Å². The van der Waals surface area contributed by atoms with Gasteiger partial charge in [-0.2, -0.15) is 0 Å². The molecular formula is C17H12BrN3O2. The molecule has 4 aromatic rings. The van der Waals surface area contributed by atoms with Gasteiger partial charge in [0.15, 0.2) is 0 Å². The summed E-state index contributed by atoms with van der Waals surface area (Å²) in [5, 5.41) is 4.66. The standard InChI is InChI=1S/C17H12BrN3O2/c1-23-12-5-3-11(4-6-12)21-17(22)14-9-19-15-7-2-10(18)8-13(15)16(14)20-21/h2-9,20H,1H3. The summed E-state index contributed by atoms with van der Waals surface area (Å²) in [7, 11) is 1.61. The number of halogens is 1. The van der Waals surface area contributed by atoms with Crippen LogP contribution in [0.2, 0.25) is 0 Å². The molecule has 0 aliphatic heterocycles. The number of hydrogen-bond acceptors (Lipinski definition) is 3. The first-order valence-electron chi connectivity index (χ1n) is 7.01. The van der Waals surface area contributed by atoms with Crippen molar-refractivity contribution in [1.29, 1.82) is 0 Å². The minimum Gasteiger partial charge on any atom is -0.497 e. The van der Waals surface area contributed by atoms with E-state index >= 15 is 0 Å². The quantitative estimate of drug-likeness (QED) is 0.586. The van der Waals surface area contributed by atoms with Crippen molar-refractivity contribution in [1.82, 2.24) is 14.8 Å².